The molecule has 7 nitrogen and oxygen atoms in total. The minimum atomic E-state index is -1.10. The van der Waals surface area contributed by atoms with Crippen molar-refractivity contribution in [3.8, 4) is 5.75 Å². The first kappa shape index (κ1) is 35.0. The number of ether oxygens (including phenoxy) is 1. The van der Waals surface area contributed by atoms with Gasteiger partial charge in [0.1, 0.15) is 11.8 Å². The molecule has 0 aromatic heterocycles. The van der Waals surface area contributed by atoms with E-state index in [4.69, 9.17) is 4.74 Å². The topological polar surface area (TPSA) is 100 Å². The van der Waals surface area contributed by atoms with Crippen molar-refractivity contribution in [3.63, 3.8) is 0 Å². The number of aliphatic carboxylic acids is 1. The lowest BCUT2D eigenvalue weighted by Crippen LogP contribution is -2.42. The number of carbonyl (C=O) groups is 2. The van der Waals surface area contributed by atoms with E-state index < -0.39 is 17.9 Å². The molecule has 0 aliphatic rings. The van der Waals surface area contributed by atoms with Gasteiger partial charge in [0.2, 0.25) is 0 Å². The lowest BCUT2D eigenvalue weighted by Gasteiger charge is -2.19. The number of benzene rings is 3. The quantitative estimate of drug-likeness (QED) is 0.103. The maximum absolute atomic E-state index is 12.8. The summed E-state index contributed by atoms with van der Waals surface area (Å²) in [6.07, 6.45) is 7.92. The van der Waals surface area contributed by atoms with Gasteiger partial charge < -0.3 is 15.2 Å². The van der Waals surface area contributed by atoms with Gasteiger partial charge in [0.15, 0.2) is 5.84 Å². The molecule has 3 aromatic rings. The number of aliphatic imine (C=N–C) groups is 2. The lowest BCUT2D eigenvalue weighted by molar-refractivity contribution is -0.139. The summed E-state index contributed by atoms with van der Waals surface area (Å²) in [6, 6.07) is 21.4. The molecule has 0 unspecified atom stereocenters. The van der Waals surface area contributed by atoms with Gasteiger partial charge in [-0.25, -0.2) is 14.8 Å². The Morgan fingerprint density at radius 2 is 1.49 bits per heavy atom. The van der Waals surface area contributed by atoms with E-state index in [0.29, 0.717) is 11.4 Å². The summed E-state index contributed by atoms with van der Waals surface area (Å²) in [7, 11) is 0. The van der Waals surface area contributed by atoms with E-state index in [1.165, 1.54) is 25.7 Å². The summed E-state index contributed by atoms with van der Waals surface area (Å²) >= 11 is 0. The van der Waals surface area contributed by atoms with Crippen molar-refractivity contribution < 1.29 is 19.4 Å². The van der Waals surface area contributed by atoms with Crippen molar-refractivity contribution in [2.24, 2.45) is 9.98 Å². The lowest BCUT2D eigenvalue weighted by atomic mass is 9.86. The summed E-state index contributed by atoms with van der Waals surface area (Å²) in [4.78, 5) is 33.4. The van der Waals surface area contributed by atoms with E-state index in [0.717, 1.165) is 46.6 Å². The fourth-order valence-electron chi connectivity index (χ4n) is 4.74. The van der Waals surface area contributed by atoms with Gasteiger partial charge in [0, 0.05) is 23.7 Å². The Morgan fingerprint density at radius 1 is 0.889 bits per heavy atom. The Kier molecular flexibility index (Phi) is 13.3. The Balaban J connectivity index is 1.60. The van der Waals surface area contributed by atoms with Gasteiger partial charge in [-0.05, 0) is 72.0 Å². The number of hydrogen-bond donors (Lipinski definition) is 2. The number of amidine groups is 1. The number of carboxylic acids is 1. The molecular weight excluding hydrogens is 562 g/mol. The van der Waals surface area contributed by atoms with Crippen LogP contribution in [0, 0.1) is 0 Å². The first-order valence-electron chi connectivity index (χ1n) is 15.7. The molecule has 7 heteroatoms. The zero-order valence-corrected chi connectivity index (χ0v) is 27.3. The second kappa shape index (κ2) is 17.1. The number of hydrogen-bond acceptors (Lipinski definition) is 4. The smallest absolute Gasteiger partial charge is 0.326 e. The SMILES string of the molecule is C=N/C(=N\C=C(/C)c1ccc(OCCCCCCC)cc1)c1ccc(C[C@H](NC(=O)c2ccc(C(C)(C)C)cc2)C(=O)O)cc1. The highest BCUT2D eigenvalue weighted by molar-refractivity contribution is 6.02. The van der Waals surface area contributed by atoms with Crippen LogP contribution in [-0.2, 0) is 16.6 Å². The van der Waals surface area contributed by atoms with Crippen LogP contribution >= 0.6 is 0 Å². The van der Waals surface area contributed by atoms with Crippen LogP contribution < -0.4 is 10.1 Å². The second-order valence-electron chi connectivity index (χ2n) is 12.3. The van der Waals surface area contributed by atoms with E-state index in [-0.39, 0.29) is 11.8 Å². The van der Waals surface area contributed by atoms with Crippen LogP contribution in [0.25, 0.3) is 5.57 Å². The molecule has 0 aliphatic carbocycles. The largest absolute Gasteiger partial charge is 0.494 e. The number of carbonyl (C=O) groups excluding carboxylic acids is 1. The van der Waals surface area contributed by atoms with Crippen LogP contribution in [0.15, 0.2) is 89.0 Å². The number of amides is 1. The number of allylic oxidation sites excluding steroid dienone is 1. The molecule has 0 saturated carbocycles. The van der Waals surface area contributed by atoms with Gasteiger partial charge in [-0.15, -0.1) is 0 Å². The molecular formula is C38H47N3O4. The van der Waals surface area contributed by atoms with Crippen LogP contribution in [0.4, 0.5) is 0 Å². The molecule has 0 bridgehead atoms. The zero-order valence-electron chi connectivity index (χ0n) is 27.3. The summed E-state index contributed by atoms with van der Waals surface area (Å²) < 4.78 is 5.87. The molecule has 2 N–H and O–H groups in total. The van der Waals surface area contributed by atoms with E-state index in [1.807, 2.05) is 67.6 Å². The zero-order chi connectivity index (χ0) is 32.8. The third kappa shape index (κ3) is 11.2. The van der Waals surface area contributed by atoms with Gasteiger partial charge in [0.25, 0.3) is 5.91 Å². The normalized spacial score (nSPS) is 12.8. The third-order valence-electron chi connectivity index (χ3n) is 7.63. The van der Waals surface area contributed by atoms with Crippen LogP contribution in [0.5, 0.6) is 5.75 Å². The monoisotopic (exact) mass is 609 g/mol. The van der Waals surface area contributed by atoms with Crippen molar-refractivity contribution in [1.29, 1.82) is 0 Å². The molecule has 0 saturated heterocycles. The van der Waals surface area contributed by atoms with Crippen molar-refractivity contribution >= 4 is 30.0 Å². The van der Waals surface area contributed by atoms with Gasteiger partial charge in [-0.3, -0.25) is 4.79 Å². The minimum absolute atomic E-state index is 0.0414. The first-order valence-corrected chi connectivity index (χ1v) is 15.7. The molecule has 1 amide bonds. The van der Waals surface area contributed by atoms with Crippen LogP contribution in [-0.4, -0.2) is 42.2 Å². The average Bonchev–Trinajstić information content (AvgIpc) is 3.03. The molecule has 0 aliphatic heterocycles. The minimum Gasteiger partial charge on any atom is -0.494 e. The molecule has 3 rings (SSSR count). The molecule has 0 fully saturated rings. The van der Waals surface area contributed by atoms with E-state index in [9.17, 15) is 14.7 Å². The van der Waals surface area contributed by atoms with Crippen LogP contribution in [0.2, 0.25) is 0 Å². The second-order valence-corrected chi connectivity index (χ2v) is 12.3. The molecule has 0 radical (unpaired) electrons. The predicted molar refractivity (Wildman–Crippen MR) is 185 cm³/mol. The molecule has 0 heterocycles. The highest BCUT2D eigenvalue weighted by Crippen LogP contribution is 2.23. The molecule has 238 valence electrons. The van der Waals surface area contributed by atoms with Crippen LogP contribution in [0.3, 0.4) is 0 Å². The fourth-order valence-corrected chi connectivity index (χ4v) is 4.74. The summed E-state index contributed by atoms with van der Waals surface area (Å²) in [5, 5.41) is 12.4. The summed E-state index contributed by atoms with van der Waals surface area (Å²) in [5.74, 6) is -0.215. The third-order valence-corrected chi connectivity index (χ3v) is 7.63. The van der Waals surface area contributed by atoms with Gasteiger partial charge in [-0.2, -0.15) is 0 Å². The number of carboxylic acid groups (broad SMARTS) is 1. The van der Waals surface area contributed by atoms with Crippen molar-refractivity contribution in [2.45, 2.75) is 84.6 Å². The number of unbranched alkanes of at least 4 members (excludes halogenated alkanes) is 4. The number of nitrogens with zero attached hydrogens (tertiary/aromatic N) is 2. The Morgan fingerprint density at radius 3 is 2.07 bits per heavy atom. The van der Waals surface area contributed by atoms with Gasteiger partial charge >= 0.3 is 5.97 Å². The van der Waals surface area contributed by atoms with Crippen LogP contribution in [0.1, 0.15) is 99.3 Å². The van der Waals surface area contributed by atoms with Crippen molar-refractivity contribution in [3.05, 3.63) is 107 Å². The Hall–Kier alpha value is -4.52. The molecule has 3 aromatic carbocycles. The fraction of sp³-hybridized carbons (Fsp3) is 0.368. The highest BCUT2D eigenvalue weighted by Gasteiger charge is 2.22. The Labute approximate surface area is 268 Å². The summed E-state index contributed by atoms with van der Waals surface area (Å²) in [6.45, 7) is 14.9. The first-order chi connectivity index (χ1) is 21.5. The van der Waals surface area contributed by atoms with E-state index >= 15 is 0 Å². The summed E-state index contributed by atoms with van der Waals surface area (Å²) in [5.41, 5.74) is 4.97. The molecule has 1 atom stereocenters. The van der Waals surface area contributed by atoms with Gasteiger partial charge in [-0.1, -0.05) is 102 Å². The average molecular weight is 610 g/mol. The highest BCUT2D eigenvalue weighted by atomic mass is 16.5. The predicted octanol–water partition coefficient (Wildman–Crippen LogP) is 8.27. The maximum atomic E-state index is 12.8. The Bertz CT molecular complexity index is 1470. The number of nitrogens with one attached hydrogen (secondary N) is 1. The number of rotatable bonds is 15. The maximum Gasteiger partial charge on any atom is 0.326 e. The van der Waals surface area contributed by atoms with E-state index in [1.54, 1.807) is 18.3 Å². The van der Waals surface area contributed by atoms with E-state index in [2.05, 4.69) is 49.7 Å². The molecule has 45 heavy (non-hydrogen) atoms. The standard InChI is InChI=1S/C38H47N3O4/c1-7-8-9-10-11-24-45-33-22-18-29(19-23-33)27(2)26-40-35(39-6)30-14-12-28(13-15-30)25-34(37(43)44)41-36(42)31-16-20-32(21-17-31)38(3,4)5/h12-23,26,34H,6-11,24-25H2,1-5H3,(H,41,42)(H,43,44)/b27-26+,40-35-/t34-/m0/s1. The van der Waals surface area contributed by atoms with Crippen molar-refractivity contribution in [1.82, 2.24) is 5.32 Å². The van der Waals surface area contributed by atoms with Gasteiger partial charge in [0.05, 0.1) is 6.61 Å². The van der Waals surface area contributed by atoms with Crippen molar-refractivity contribution in [2.75, 3.05) is 6.61 Å². The molecule has 0 spiro atoms.